The average Bonchev–Trinajstić information content (AvgIpc) is 3.14. The number of furan rings is 1. The minimum absolute atomic E-state index is 0.162. The Morgan fingerprint density at radius 1 is 1.26 bits per heavy atom. The molecular weight excluding hydrogens is 346 g/mol. The summed E-state index contributed by atoms with van der Waals surface area (Å²) >= 11 is 0. The van der Waals surface area contributed by atoms with Gasteiger partial charge in [0.2, 0.25) is 0 Å². The van der Waals surface area contributed by atoms with Crippen LogP contribution >= 0.6 is 0 Å². The van der Waals surface area contributed by atoms with Crippen LogP contribution in [-0.2, 0) is 4.74 Å². The average molecular weight is 369 g/mol. The molecule has 1 fully saturated rings. The third-order valence-corrected chi connectivity index (χ3v) is 4.24. The van der Waals surface area contributed by atoms with Crippen molar-refractivity contribution < 1.29 is 24.2 Å². The van der Waals surface area contributed by atoms with E-state index in [0.717, 1.165) is 5.56 Å². The SMILES string of the molecule is CC(C)(O)C#Cc1ccc(C(=O)N2CCO[C@H](CO)[C@H]2c2ccccc2)o1. The third-order valence-electron chi connectivity index (χ3n) is 4.24. The highest BCUT2D eigenvalue weighted by Crippen LogP contribution is 2.31. The fourth-order valence-corrected chi connectivity index (χ4v) is 3.03. The quantitative estimate of drug-likeness (QED) is 0.809. The van der Waals surface area contributed by atoms with Crippen molar-refractivity contribution in [3.63, 3.8) is 0 Å². The number of amides is 1. The molecule has 0 spiro atoms. The van der Waals surface area contributed by atoms with E-state index >= 15 is 0 Å². The zero-order chi connectivity index (χ0) is 19.4. The van der Waals surface area contributed by atoms with Crippen LogP contribution in [0.4, 0.5) is 0 Å². The van der Waals surface area contributed by atoms with E-state index in [-0.39, 0.29) is 18.3 Å². The summed E-state index contributed by atoms with van der Waals surface area (Å²) in [5.74, 6) is 5.56. The molecule has 6 heteroatoms. The standard InChI is InChI=1S/C21H23NO5/c1-21(2,25)11-10-16-8-9-17(27-16)20(24)22-12-13-26-18(14-23)19(22)15-6-4-3-5-7-15/h3-9,18-19,23,25H,12-14H2,1-2H3/t18-,19-/m1/s1. The Kier molecular flexibility index (Phi) is 5.66. The van der Waals surface area contributed by atoms with Crippen LogP contribution in [0.25, 0.3) is 0 Å². The minimum Gasteiger partial charge on any atom is -0.443 e. The van der Waals surface area contributed by atoms with Crippen LogP contribution in [0.2, 0.25) is 0 Å². The maximum absolute atomic E-state index is 13.1. The summed E-state index contributed by atoms with van der Waals surface area (Å²) in [6.07, 6.45) is -0.505. The number of rotatable bonds is 3. The van der Waals surface area contributed by atoms with Gasteiger partial charge in [-0.1, -0.05) is 36.3 Å². The largest absolute Gasteiger partial charge is 0.443 e. The number of benzene rings is 1. The molecule has 1 saturated heterocycles. The number of nitrogens with zero attached hydrogens (tertiary/aromatic N) is 1. The van der Waals surface area contributed by atoms with Crippen LogP contribution in [0.3, 0.4) is 0 Å². The van der Waals surface area contributed by atoms with Crippen molar-refractivity contribution in [2.24, 2.45) is 0 Å². The summed E-state index contributed by atoms with van der Waals surface area (Å²) < 4.78 is 11.2. The van der Waals surface area contributed by atoms with Gasteiger partial charge in [0.25, 0.3) is 5.91 Å². The molecule has 2 atom stereocenters. The minimum atomic E-state index is -1.14. The normalized spacial score (nSPS) is 20.1. The van der Waals surface area contributed by atoms with Gasteiger partial charge in [-0.15, -0.1) is 0 Å². The fraction of sp³-hybridized carbons (Fsp3) is 0.381. The monoisotopic (exact) mass is 369 g/mol. The highest BCUT2D eigenvalue weighted by molar-refractivity contribution is 5.92. The number of carbonyl (C=O) groups is 1. The van der Waals surface area contributed by atoms with Gasteiger partial charge in [-0.3, -0.25) is 4.79 Å². The van der Waals surface area contributed by atoms with Gasteiger partial charge in [-0.25, -0.2) is 0 Å². The van der Waals surface area contributed by atoms with E-state index < -0.39 is 17.7 Å². The summed E-state index contributed by atoms with van der Waals surface area (Å²) in [6.45, 7) is 3.68. The first-order valence-electron chi connectivity index (χ1n) is 8.83. The van der Waals surface area contributed by atoms with Crippen LogP contribution < -0.4 is 0 Å². The van der Waals surface area contributed by atoms with Crippen molar-refractivity contribution in [1.82, 2.24) is 4.90 Å². The smallest absolute Gasteiger partial charge is 0.290 e. The lowest BCUT2D eigenvalue weighted by atomic mass is 9.98. The van der Waals surface area contributed by atoms with Crippen LogP contribution in [0, 0.1) is 11.8 Å². The van der Waals surface area contributed by atoms with E-state index in [9.17, 15) is 15.0 Å². The molecule has 0 saturated carbocycles. The molecule has 0 aliphatic carbocycles. The van der Waals surface area contributed by atoms with Crippen molar-refractivity contribution in [2.45, 2.75) is 31.6 Å². The van der Waals surface area contributed by atoms with E-state index in [4.69, 9.17) is 9.15 Å². The maximum atomic E-state index is 13.1. The first-order valence-corrected chi connectivity index (χ1v) is 8.83. The van der Waals surface area contributed by atoms with Gasteiger partial charge in [0.05, 0.1) is 19.3 Å². The molecule has 1 aromatic carbocycles. The Balaban J connectivity index is 1.87. The lowest BCUT2D eigenvalue weighted by molar-refractivity contribution is -0.0817. The van der Waals surface area contributed by atoms with Crippen molar-refractivity contribution in [1.29, 1.82) is 0 Å². The van der Waals surface area contributed by atoms with Gasteiger partial charge < -0.3 is 24.3 Å². The first kappa shape index (κ1) is 19.2. The van der Waals surface area contributed by atoms with Crippen molar-refractivity contribution in [2.75, 3.05) is 19.8 Å². The molecule has 1 amide bonds. The van der Waals surface area contributed by atoms with Crippen LogP contribution in [0.15, 0.2) is 46.9 Å². The van der Waals surface area contributed by atoms with E-state index in [0.29, 0.717) is 18.9 Å². The van der Waals surface area contributed by atoms with E-state index in [1.807, 2.05) is 30.3 Å². The molecule has 2 aromatic rings. The second kappa shape index (κ2) is 7.97. The zero-order valence-corrected chi connectivity index (χ0v) is 15.4. The lowest BCUT2D eigenvalue weighted by Crippen LogP contribution is -2.49. The second-order valence-corrected chi connectivity index (χ2v) is 6.92. The molecule has 6 nitrogen and oxygen atoms in total. The van der Waals surface area contributed by atoms with E-state index in [1.54, 1.807) is 30.9 Å². The van der Waals surface area contributed by atoms with Crippen molar-refractivity contribution in [3.05, 3.63) is 59.5 Å². The predicted molar refractivity (Wildman–Crippen MR) is 98.9 cm³/mol. The number of hydrogen-bond acceptors (Lipinski definition) is 5. The third kappa shape index (κ3) is 4.58. The van der Waals surface area contributed by atoms with Gasteiger partial charge in [-0.2, -0.15) is 0 Å². The number of carbonyl (C=O) groups excluding carboxylic acids is 1. The summed E-state index contributed by atoms with van der Waals surface area (Å²) in [6, 6.07) is 12.3. The number of ether oxygens (including phenoxy) is 1. The lowest BCUT2D eigenvalue weighted by Gasteiger charge is -2.40. The summed E-state index contributed by atoms with van der Waals surface area (Å²) in [5.41, 5.74) is -0.258. The molecule has 2 heterocycles. The number of aliphatic hydroxyl groups is 2. The number of morpholine rings is 1. The molecule has 1 aliphatic rings. The first-order chi connectivity index (χ1) is 12.9. The molecule has 1 aliphatic heterocycles. The van der Waals surface area contributed by atoms with Crippen LogP contribution in [0.1, 0.15) is 41.8 Å². The Hall–Kier alpha value is -2.59. The molecule has 0 radical (unpaired) electrons. The molecule has 0 unspecified atom stereocenters. The van der Waals surface area contributed by atoms with Crippen LogP contribution in [-0.4, -0.2) is 52.5 Å². The molecule has 0 bridgehead atoms. The number of hydrogen-bond donors (Lipinski definition) is 2. The predicted octanol–water partition coefficient (Wildman–Crippen LogP) is 1.98. The fourth-order valence-electron chi connectivity index (χ4n) is 3.03. The highest BCUT2D eigenvalue weighted by Gasteiger charge is 2.37. The topological polar surface area (TPSA) is 83.1 Å². The Morgan fingerprint density at radius 3 is 2.67 bits per heavy atom. The zero-order valence-electron chi connectivity index (χ0n) is 15.4. The van der Waals surface area contributed by atoms with Gasteiger partial charge in [0, 0.05) is 6.54 Å². The second-order valence-electron chi connectivity index (χ2n) is 6.92. The molecular formula is C21H23NO5. The van der Waals surface area contributed by atoms with Gasteiger partial charge in [0.15, 0.2) is 11.5 Å². The van der Waals surface area contributed by atoms with Crippen molar-refractivity contribution in [3.8, 4) is 11.8 Å². The molecule has 3 rings (SSSR count). The van der Waals surface area contributed by atoms with Gasteiger partial charge in [0.1, 0.15) is 11.7 Å². The molecule has 2 N–H and O–H groups in total. The molecule has 27 heavy (non-hydrogen) atoms. The van der Waals surface area contributed by atoms with E-state index in [2.05, 4.69) is 11.8 Å². The van der Waals surface area contributed by atoms with E-state index in [1.165, 1.54) is 0 Å². The Labute approximate surface area is 158 Å². The summed E-state index contributed by atoms with van der Waals surface area (Å²) in [5, 5.41) is 19.4. The van der Waals surface area contributed by atoms with Gasteiger partial charge in [-0.05, 0) is 37.5 Å². The number of aliphatic hydroxyl groups excluding tert-OH is 1. The molecule has 142 valence electrons. The highest BCUT2D eigenvalue weighted by atomic mass is 16.5. The van der Waals surface area contributed by atoms with Crippen molar-refractivity contribution >= 4 is 5.91 Å². The Bertz CT molecular complexity index is 841. The van der Waals surface area contributed by atoms with Crippen LogP contribution in [0.5, 0.6) is 0 Å². The van der Waals surface area contributed by atoms with Gasteiger partial charge >= 0.3 is 0 Å². The molecule has 1 aromatic heterocycles. The summed E-state index contributed by atoms with van der Waals surface area (Å²) in [4.78, 5) is 14.7. The summed E-state index contributed by atoms with van der Waals surface area (Å²) in [7, 11) is 0. The Morgan fingerprint density at radius 2 is 2.00 bits per heavy atom. The maximum Gasteiger partial charge on any atom is 0.290 e.